The molecular weight excluding hydrogens is 460 g/mol. The highest BCUT2D eigenvalue weighted by Crippen LogP contribution is 2.43. The third-order valence-electron chi connectivity index (χ3n) is 7.32. The maximum atomic E-state index is 13.1. The molecule has 0 radical (unpaired) electrons. The van der Waals surface area contributed by atoms with Gasteiger partial charge in [0.25, 0.3) is 0 Å². The number of ether oxygens (including phenoxy) is 2. The van der Waals surface area contributed by atoms with Crippen molar-refractivity contribution in [2.75, 3.05) is 20.2 Å². The third-order valence-corrected chi connectivity index (χ3v) is 7.57. The molecule has 4 heterocycles. The molecule has 180 valence electrons. The van der Waals surface area contributed by atoms with Crippen LogP contribution in [0.1, 0.15) is 30.1 Å². The van der Waals surface area contributed by atoms with E-state index in [1.54, 1.807) is 31.5 Å². The smallest absolute Gasteiger partial charge is 0.331 e. The maximum Gasteiger partial charge on any atom is 0.331 e. The van der Waals surface area contributed by atoms with Crippen LogP contribution >= 0.6 is 11.6 Å². The van der Waals surface area contributed by atoms with E-state index >= 15 is 0 Å². The molecule has 0 amide bonds. The van der Waals surface area contributed by atoms with Crippen molar-refractivity contribution in [1.82, 2.24) is 9.88 Å². The van der Waals surface area contributed by atoms with Gasteiger partial charge >= 0.3 is 5.97 Å². The lowest BCUT2D eigenvalue weighted by Crippen LogP contribution is -2.55. The molecule has 2 bridgehead atoms. The molecule has 3 saturated heterocycles. The second kappa shape index (κ2) is 10.2. The van der Waals surface area contributed by atoms with Gasteiger partial charge in [0.05, 0.1) is 18.7 Å². The van der Waals surface area contributed by atoms with Gasteiger partial charge in [0.2, 0.25) is 0 Å². The number of halogens is 1. The standard InChI is InChI=1S/C29H29ClN2O3/c1-3-20-18-32-15-13-21(20)16-27(32)29(35-28(33)11-6-19-4-7-22(30)8-5-19)24-12-14-31-26-10-9-23(34-2)17-25(24)26/h3-12,14,17,20-21,27,29H,1,13,15-16,18H2,2H3/b11-6+/t20-,21+,27-,29-/m1/s1. The van der Waals surface area contributed by atoms with Crippen molar-refractivity contribution in [1.29, 1.82) is 0 Å². The third kappa shape index (κ3) is 4.97. The number of nitrogens with zero attached hydrogens (tertiary/aromatic N) is 2. The van der Waals surface area contributed by atoms with Gasteiger partial charge in [-0.1, -0.05) is 29.8 Å². The van der Waals surface area contributed by atoms with E-state index in [2.05, 4.69) is 22.5 Å². The van der Waals surface area contributed by atoms with Crippen LogP contribution in [0.5, 0.6) is 5.75 Å². The van der Waals surface area contributed by atoms with Crippen molar-refractivity contribution in [3.8, 4) is 5.75 Å². The lowest BCUT2D eigenvalue weighted by Gasteiger charge is -2.51. The fourth-order valence-corrected chi connectivity index (χ4v) is 5.59. The van der Waals surface area contributed by atoms with Gasteiger partial charge < -0.3 is 9.47 Å². The summed E-state index contributed by atoms with van der Waals surface area (Å²) < 4.78 is 11.7. The molecule has 35 heavy (non-hydrogen) atoms. The fraction of sp³-hybridized carbons (Fsp3) is 0.310. The molecule has 3 aliphatic heterocycles. The SMILES string of the molecule is C=C[C@@H]1CN2CC[C@H]1C[C@@H]2[C@H](OC(=O)/C=C/c1ccc(Cl)cc1)c1ccnc2ccc(OC)cc12. The van der Waals surface area contributed by atoms with Crippen LogP contribution in [0.4, 0.5) is 0 Å². The first-order chi connectivity index (χ1) is 17.1. The van der Waals surface area contributed by atoms with E-state index in [4.69, 9.17) is 21.1 Å². The lowest BCUT2D eigenvalue weighted by molar-refractivity contribution is -0.151. The average molecular weight is 489 g/mol. The molecule has 6 heteroatoms. The van der Waals surface area contributed by atoms with E-state index in [1.807, 2.05) is 36.4 Å². The van der Waals surface area contributed by atoms with Gasteiger partial charge in [0, 0.05) is 34.8 Å². The molecule has 0 saturated carbocycles. The van der Waals surface area contributed by atoms with Gasteiger partial charge in [-0.3, -0.25) is 9.88 Å². The maximum absolute atomic E-state index is 13.1. The van der Waals surface area contributed by atoms with Crippen LogP contribution in [0.3, 0.4) is 0 Å². The van der Waals surface area contributed by atoms with E-state index in [0.29, 0.717) is 16.9 Å². The van der Waals surface area contributed by atoms with Crippen LogP contribution in [0.25, 0.3) is 17.0 Å². The molecule has 0 spiro atoms. The number of esters is 1. The van der Waals surface area contributed by atoms with Gasteiger partial charge in [0.15, 0.2) is 0 Å². The zero-order chi connectivity index (χ0) is 24.4. The molecule has 0 N–H and O–H groups in total. The van der Waals surface area contributed by atoms with Crippen LogP contribution in [0, 0.1) is 11.8 Å². The van der Waals surface area contributed by atoms with E-state index in [1.165, 1.54) is 6.08 Å². The second-order valence-corrected chi connectivity index (χ2v) is 9.71. The molecule has 3 aromatic rings. The predicted molar refractivity (Wildman–Crippen MR) is 139 cm³/mol. The molecule has 6 rings (SSSR count). The minimum atomic E-state index is -0.427. The number of fused-ring (bicyclic) bond motifs is 4. The molecule has 2 aromatic carbocycles. The summed E-state index contributed by atoms with van der Waals surface area (Å²) in [6.45, 7) is 5.99. The molecule has 3 aliphatic rings. The number of rotatable bonds is 7. The highest BCUT2D eigenvalue weighted by Gasteiger charge is 2.44. The number of pyridine rings is 1. The minimum absolute atomic E-state index is 0.0923. The van der Waals surface area contributed by atoms with Gasteiger partial charge in [0.1, 0.15) is 11.9 Å². The van der Waals surface area contributed by atoms with Crippen LogP contribution in [0.2, 0.25) is 5.02 Å². The summed E-state index contributed by atoms with van der Waals surface area (Å²) in [6, 6.07) is 15.2. The number of piperidine rings is 3. The normalized spacial score (nSPS) is 24.4. The van der Waals surface area contributed by atoms with E-state index < -0.39 is 6.10 Å². The Labute approximate surface area is 211 Å². The molecule has 5 atom stereocenters. The summed E-state index contributed by atoms with van der Waals surface area (Å²) in [5, 5.41) is 1.60. The number of carbonyl (C=O) groups excluding carboxylic acids is 1. The molecule has 1 aromatic heterocycles. The van der Waals surface area contributed by atoms with Crippen molar-refractivity contribution >= 4 is 34.5 Å². The Bertz CT molecular complexity index is 1260. The van der Waals surface area contributed by atoms with Crippen molar-refractivity contribution < 1.29 is 14.3 Å². The monoisotopic (exact) mass is 488 g/mol. The Morgan fingerprint density at radius 3 is 2.77 bits per heavy atom. The number of benzene rings is 2. The zero-order valence-corrected chi connectivity index (χ0v) is 20.5. The summed E-state index contributed by atoms with van der Waals surface area (Å²) in [5.41, 5.74) is 2.69. The quantitative estimate of drug-likeness (QED) is 0.229. The summed E-state index contributed by atoms with van der Waals surface area (Å²) in [6.07, 6.45) is 8.79. The first-order valence-electron chi connectivity index (χ1n) is 12.0. The molecule has 3 fully saturated rings. The van der Waals surface area contributed by atoms with Gasteiger partial charge in [-0.05, 0) is 79.3 Å². The predicted octanol–water partition coefficient (Wildman–Crippen LogP) is 6.09. The first-order valence-corrected chi connectivity index (χ1v) is 12.4. The van der Waals surface area contributed by atoms with Crippen LogP contribution in [0.15, 0.2) is 73.5 Å². The first kappa shape index (κ1) is 23.6. The van der Waals surface area contributed by atoms with Crippen LogP contribution < -0.4 is 4.74 Å². The average Bonchev–Trinajstić information content (AvgIpc) is 2.91. The number of methoxy groups -OCH3 is 1. The van der Waals surface area contributed by atoms with E-state index in [0.717, 1.165) is 53.7 Å². The Morgan fingerprint density at radius 2 is 2.06 bits per heavy atom. The van der Waals surface area contributed by atoms with Crippen LogP contribution in [-0.2, 0) is 9.53 Å². The van der Waals surface area contributed by atoms with E-state index in [-0.39, 0.29) is 12.0 Å². The van der Waals surface area contributed by atoms with Crippen molar-refractivity contribution in [3.05, 3.63) is 89.6 Å². The molecule has 5 nitrogen and oxygen atoms in total. The van der Waals surface area contributed by atoms with Crippen molar-refractivity contribution in [3.63, 3.8) is 0 Å². The summed E-state index contributed by atoms with van der Waals surface area (Å²) >= 11 is 5.98. The number of carbonyl (C=O) groups is 1. The molecular formula is C29H29ClN2O3. The highest BCUT2D eigenvalue weighted by molar-refractivity contribution is 6.30. The van der Waals surface area contributed by atoms with E-state index in [9.17, 15) is 4.79 Å². The lowest BCUT2D eigenvalue weighted by atomic mass is 9.73. The zero-order valence-electron chi connectivity index (χ0n) is 19.8. The largest absolute Gasteiger partial charge is 0.497 e. The van der Waals surface area contributed by atoms with Gasteiger partial charge in [-0.15, -0.1) is 6.58 Å². The Balaban J connectivity index is 1.49. The summed E-state index contributed by atoms with van der Waals surface area (Å²) in [7, 11) is 1.65. The van der Waals surface area contributed by atoms with Crippen molar-refractivity contribution in [2.24, 2.45) is 11.8 Å². The Morgan fingerprint density at radius 1 is 1.23 bits per heavy atom. The molecule has 0 aliphatic carbocycles. The van der Waals surface area contributed by atoms with Crippen LogP contribution in [-0.4, -0.2) is 42.1 Å². The Kier molecular flexibility index (Phi) is 6.89. The second-order valence-electron chi connectivity index (χ2n) is 9.27. The number of hydrogen-bond acceptors (Lipinski definition) is 5. The topological polar surface area (TPSA) is 51.7 Å². The highest BCUT2D eigenvalue weighted by atomic mass is 35.5. The fourth-order valence-electron chi connectivity index (χ4n) is 5.47. The number of aromatic nitrogens is 1. The summed E-state index contributed by atoms with van der Waals surface area (Å²) in [4.78, 5) is 20.1. The minimum Gasteiger partial charge on any atom is -0.497 e. The number of hydrogen-bond donors (Lipinski definition) is 0. The van der Waals surface area contributed by atoms with Gasteiger partial charge in [-0.25, -0.2) is 4.79 Å². The Hall–Kier alpha value is -3.15. The van der Waals surface area contributed by atoms with Crippen molar-refractivity contribution in [2.45, 2.75) is 25.0 Å². The molecule has 1 unspecified atom stereocenters. The van der Waals surface area contributed by atoms with Gasteiger partial charge in [-0.2, -0.15) is 0 Å². The summed E-state index contributed by atoms with van der Waals surface area (Å²) in [5.74, 6) is 1.41.